The van der Waals surface area contributed by atoms with Gasteiger partial charge in [-0.25, -0.2) is 9.38 Å². The predicted molar refractivity (Wildman–Crippen MR) is 153 cm³/mol. The Balaban J connectivity index is 1.26. The number of Topliss-reactive ketones (excluding diaryl/α,β-unsaturated/α-hetero) is 1. The van der Waals surface area contributed by atoms with Gasteiger partial charge in [0.25, 0.3) is 0 Å². The number of nitrogens with zero attached hydrogens (tertiary/aromatic N) is 2. The predicted octanol–water partition coefficient (Wildman–Crippen LogP) is 4.83. The Bertz CT molecular complexity index is 1350. The van der Waals surface area contributed by atoms with E-state index in [1.807, 2.05) is 31.2 Å². The van der Waals surface area contributed by atoms with Crippen LogP contribution in [0.25, 0.3) is 0 Å². The van der Waals surface area contributed by atoms with Gasteiger partial charge >= 0.3 is 0 Å². The lowest BCUT2D eigenvalue weighted by Crippen LogP contribution is -2.42. The van der Waals surface area contributed by atoms with E-state index in [1.54, 1.807) is 19.3 Å². The molecule has 2 atom stereocenters. The Morgan fingerprint density at radius 2 is 2.08 bits per heavy atom. The van der Waals surface area contributed by atoms with Gasteiger partial charge in [0.1, 0.15) is 23.4 Å². The van der Waals surface area contributed by atoms with Crippen molar-refractivity contribution in [1.82, 2.24) is 10.2 Å². The van der Waals surface area contributed by atoms with Crippen LogP contribution in [-0.2, 0) is 9.53 Å². The maximum atomic E-state index is 15.2. The molecule has 0 aromatic heterocycles. The van der Waals surface area contributed by atoms with Crippen molar-refractivity contribution < 1.29 is 23.8 Å². The Labute approximate surface area is 234 Å². The monoisotopic (exact) mass is 548 g/mol. The third kappa shape index (κ3) is 6.13. The van der Waals surface area contributed by atoms with Crippen molar-refractivity contribution in [2.24, 2.45) is 4.99 Å². The minimum atomic E-state index is -0.940. The molecule has 1 saturated heterocycles. The largest absolute Gasteiger partial charge is 0.495 e. The van der Waals surface area contributed by atoms with Crippen molar-refractivity contribution in [2.45, 2.75) is 63.3 Å². The van der Waals surface area contributed by atoms with E-state index in [-0.39, 0.29) is 17.6 Å². The molecule has 212 valence electrons. The number of aliphatic imine (C=N–C) groups is 1. The molecule has 40 heavy (non-hydrogen) atoms. The number of amidine groups is 1. The van der Waals surface area contributed by atoms with Gasteiger partial charge in [-0.15, -0.1) is 0 Å². The second-order valence-electron chi connectivity index (χ2n) is 10.9. The third-order valence-corrected chi connectivity index (χ3v) is 7.92. The molecule has 3 N–H and O–H groups in total. The molecule has 8 nitrogen and oxygen atoms in total. The third-order valence-electron chi connectivity index (χ3n) is 7.92. The summed E-state index contributed by atoms with van der Waals surface area (Å²) < 4.78 is 26.8. The van der Waals surface area contributed by atoms with E-state index in [1.165, 1.54) is 0 Å². The van der Waals surface area contributed by atoms with Gasteiger partial charge in [-0.1, -0.05) is 23.9 Å². The number of hydrogen-bond donors (Lipinski definition) is 3. The summed E-state index contributed by atoms with van der Waals surface area (Å²) in [5.74, 6) is 0.323. The van der Waals surface area contributed by atoms with Crippen molar-refractivity contribution >= 4 is 17.3 Å². The zero-order valence-electron chi connectivity index (χ0n) is 23.3. The number of nitrogens with one attached hydrogen (secondary N) is 2. The molecule has 0 bridgehead atoms. The van der Waals surface area contributed by atoms with Gasteiger partial charge in [-0.3, -0.25) is 10.1 Å². The highest BCUT2D eigenvalue weighted by atomic mass is 19.1. The van der Waals surface area contributed by atoms with Crippen molar-refractivity contribution in [3.05, 3.63) is 76.7 Å². The van der Waals surface area contributed by atoms with Gasteiger partial charge in [0, 0.05) is 30.9 Å². The van der Waals surface area contributed by atoms with Crippen LogP contribution in [0.5, 0.6) is 5.75 Å². The number of allylic oxidation sites excluding steroid dienone is 2. The lowest BCUT2D eigenvalue weighted by molar-refractivity contribution is -0.117. The fourth-order valence-electron chi connectivity index (χ4n) is 5.67. The first-order valence-corrected chi connectivity index (χ1v) is 13.8. The van der Waals surface area contributed by atoms with Gasteiger partial charge in [-0.05, 0) is 75.7 Å². The number of benzene rings is 1. The molecular weight excluding hydrogens is 511 g/mol. The van der Waals surface area contributed by atoms with E-state index in [0.717, 1.165) is 37.7 Å². The molecule has 2 heterocycles. The Morgan fingerprint density at radius 1 is 1.27 bits per heavy atom. The number of rotatable bonds is 7. The number of carbonyl (C=O) groups is 1. The number of ketones is 1. The number of ether oxygens (including phenoxy) is 2. The zero-order chi connectivity index (χ0) is 28.3. The zero-order valence-corrected chi connectivity index (χ0v) is 23.3. The molecule has 4 aliphatic rings. The highest BCUT2D eigenvalue weighted by molar-refractivity contribution is 6.01. The molecule has 9 heteroatoms. The molecule has 2 unspecified atom stereocenters. The number of likely N-dealkylation sites (tertiary alicyclic amines) is 1. The molecule has 0 saturated carbocycles. The number of anilines is 1. The standard InChI is InChI=1S/C31H37FN4O4/c1-31(15-5-6-20-10-12-25(37)29(20)31)40-26-7-4-8-28(33-19-23(26)32)35-24-11-9-21(18-27(24)39-3)30(38)34-22-13-16-36(2)17-14-22/h4-6,9,11,18-19,22,30,34,38H,8,10,12-17H2,1-3H3,(H,33,35). The van der Waals surface area contributed by atoms with E-state index in [2.05, 4.69) is 33.3 Å². The Morgan fingerprint density at radius 3 is 2.85 bits per heavy atom. The maximum absolute atomic E-state index is 15.2. The SMILES string of the molecule is COc1cc(C(O)NC2CCN(C)CC2)ccc1NC1=NC=C(F)C(OC2(C)CC=CC3=C2C(=O)CC3)=C=CC1. The quantitative estimate of drug-likeness (QED) is 0.332. The fraction of sp³-hybridized carbons (Fsp3) is 0.452. The topological polar surface area (TPSA) is 95.4 Å². The molecule has 0 amide bonds. The van der Waals surface area contributed by atoms with E-state index in [0.29, 0.717) is 54.1 Å². The smallest absolute Gasteiger partial charge is 0.200 e. The second kappa shape index (κ2) is 11.9. The Kier molecular flexibility index (Phi) is 8.38. The van der Waals surface area contributed by atoms with Crippen LogP contribution in [0.2, 0.25) is 0 Å². The van der Waals surface area contributed by atoms with Crippen LogP contribution in [0.15, 0.2) is 76.1 Å². The van der Waals surface area contributed by atoms with Crippen LogP contribution in [0.3, 0.4) is 0 Å². The number of aliphatic hydroxyl groups excluding tert-OH is 1. The first kappa shape index (κ1) is 28.1. The highest BCUT2D eigenvalue weighted by Gasteiger charge is 2.42. The average molecular weight is 549 g/mol. The van der Waals surface area contributed by atoms with Crippen molar-refractivity contribution in [3.8, 4) is 5.75 Å². The fourth-order valence-corrected chi connectivity index (χ4v) is 5.67. The van der Waals surface area contributed by atoms with Gasteiger partial charge in [0.05, 0.1) is 19.0 Å². The molecule has 1 fully saturated rings. The van der Waals surface area contributed by atoms with Crippen LogP contribution in [0.1, 0.15) is 57.2 Å². The Hall–Kier alpha value is -3.49. The lowest BCUT2D eigenvalue weighted by Gasteiger charge is -2.33. The molecule has 5 rings (SSSR count). The lowest BCUT2D eigenvalue weighted by atomic mass is 9.84. The minimum absolute atomic E-state index is 0.0521. The molecule has 0 spiro atoms. The van der Waals surface area contributed by atoms with Crippen LogP contribution >= 0.6 is 0 Å². The first-order valence-electron chi connectivity index (χ1n) is 13.8. The number of piperidine rings is 1. The highest BCUT2D eigenvalue weighted by Crippen LogP contribution is 2.42. The molecular formula is C31H37FN4O4. The van der Waals surface area contributed by atoms with Gasteiger partial charge in [-0.2, -0.15) is 0 Å². The summed E-state index contributed by atoms with van der Waals surface area (Å²) >= 11 is 0. The summed E-state index contributed by atoms with van der Waals surface area (Å²) in [6, 6.07) is 5.67. The van der Waals surface area contributed by atoms with Gasteiger partial charge < -0.3 is 24.8 Å². The normalized spacial score (nSPS) is 24.5. The van der Waals surface area contributed by atoms with Crippen LogP contribution in [-0.4, -0.2) is 60.5 Å². The molecule has 2 aliphatic heterocycles. The summed E-state index contributed by atoms with van der Waals surface area (Å²) in [6.07, 6.45) is 9.80. The molecule has 2 aliphatic carbocycles. The second-order valence-corrected chi connectivity index (χ2v) is 10.9. The average Bonchev–Trinajstić information content (AvgIpc) is 3.33. The number of aliphatic hydroxyl groups is 1. The number of methoxy groups -OCH3 is 1. The van der Waals surface area contributed by atoms with Crippen molar-refractivity contribution in [1.29, 1.82) is 0 Å². The summed E-state index contributed by atoms with van der Waals surface area (Å²) in [4.78, 5) is 19.1. The van der Waals surface area contributed by atoms with Gasteiger partial charge in [0.2, 0.25) is 5.76 Å². The first-order chi connectivity index (χ1) is 19.3. The summed E-state index contributed by atoms with van der Waals surface area (Å²) in [6.45, 7) is 3.82. The van der Waals surface area contributed by atoms with Crippen molar-refractivity contribution in [2.75, 3.05) is 32.6 Å². The minimum Gasteiger partial charge on any atom is -0.495 e. The van der Waals surface area contributed by atoms with E-state index >= 15 is 4.39 Å². The summed E-state index contributed by atoms with van der Waals surface area (Å²) in [5, 5.41) is 17.3. The van der Waals surface area contributed by atoms with Crippen molar-refractivity contribution in [3.63, 3.8) is 0 Å². The van der Waals surface area contributed by atoms with Crippen LogP contribution < -0.4 is 15.4 Å². The van der Waals surface area contributed by atoms with E-state index < -0.39 is 17.7 Å². The number of hydrogen-bond acceptors (Lipinski definition) is 8. The molecule has 1 aromatic carbocycles. The van der Waals surface area contributed by atoms with Gasteiger partial charge in [0.15, 0.2) is 11.6 Å². The summed E-state index contributed by atoms with van der Waals surface area (Å²) in [7, 11) is 3.66. The van der Waals surface area contributed by atoms with E-state index in [4.69, 9.17) is 9.47 Å². The summed E-state index contributed by atoms with van der Waals surface area (Å²) in [5.41, 5.74) is 4.91. The number of carbonyl (C=O) groups excluding carboxylic acids is 1. The van der Waals surface area contributed by atoms with E-state index in [9.17, 15) is 9.90 Å². The van der Waals surface area contributed by atoms with Crippen LogP contribution in [0.4, 0.5) is 10.1 Å². The maximum Gasteiger partial charge on any atom is 0.200 e. The van der Waals surface area contributed by atoms with Crippen LogP contribution in [0, 0.1) is 0 Å². The number of halogens is 1. The molecule has 0 radical (unpaired) electrons. The molecule has 1 aromatic rings.